The Hall–Kier alpha value is -5.51. The molecular formula is C36H35N7O4S. The average Bonchev–Trinajstić information content (AvgIpc) is 3.62. The van der Waals surface area contributed by atoms with E-state index in [-0.39, 0.29) is 22.1 Å². The van der Waals surface area contributed by atoms with Crippen molar-refractivity contribution in [2.75, 3.05) is 18.4 Å². The Morgan fingerprint density at radius 1 is 1.02 bits per heavy atom. The Morgan fingerprint density at radius 3 is 2.38 bits per heavy atom. The molecule has 1 aliphatic rings. The molecule has 244 valence electrons. The Balaban J connectivity index is 1.39. The average molecular weight is 662 g/mol. The Morgan fingerprint density at radius 2 is 1.71 bits per heavy atom. The molecule has 1 aliphatic heterocycles. The van der Waals surface area contributed by atoms with Gasteiger partial charge in [0.15, 0.2) is 0 Å². The molecule has 48 heavy (non-hydrogen) atoms. The highest BCUT2D eigenvalue weighted by atomic mass is 32.2. The minimum atomic E-state index is -3.76. The van der Waals surface area contributed by atoms with Crippen LogP contribution in [0.5, 0.6) is 0 Å². The fourth-order valence-electron chi connectivity index (χ4n) is 5.95. The van der Waals surface area contributed by atoms with Gasteiger partial charge < -0.3 is 5.32 Å². The fourth-order valence-corrected chi connectivity index (χ4v) is 7.59. The largest absolute Gasteiger partial charge is 0.315 e. The van der Waals surface area contributed by atoms with Crippen molar-refractivity contribution in [1.82, 2.24) is 23.4 Å². The number of nitrogens with one attached hydrogen (secondary N) is 1. The van der Waals surface area contributed by atoms with Crippen LogP contribution < -0.4 is 10.9 Å². The first-order valence-electron chi connectivity index (χ1n) is 15.6. The molecule has 12 heteroatoms. The number of sulfonamides is 1. The van der Waals surface area contributed by atoms with Crippen LogP contribution in [0.2, 0.25) is 0 Å². The van der Waals surface area contributed by atoms with Gasteiger partial charge in [-0.15, -0.1) is 0 Å². The van der Waals surface area contributed by atoms with Gasteiger partial charge in [-0.3, -0.25) is 14.3 Å². The van der Waals surface area contributed by atoms with E-state index in [1.165, 1.54) is 15.1 Å². The number of piperidine rings is 1. The number of benzene rings is 3. The quantitative estimate of drug-likeness (QED) is 0.177. The number of para-hydroxylation sites is 2. The summed E-state index contributed by atoms with van der Waals surface area (Å²) in [5.74, 6) is -0.496. The molecule has 0 spiro atoms. The summed E-state index contributed by atoms with van der Waals surface area (Å²) in [6.45, 7) is 4.68. The Kier molecular flexibility index (Phi) is 8.99. The van der Waals surface area contributed by atoms with E-state index in [9.17, 15) is 23.3 Å². The molecule has 1 unspecified atom stereocenters. The van der Waals surface area contributed by atoms with Crippen LogP contribution in [0, 0.1) is 24.2 Å². The van der Waals surface area contributed by atoms with E-state index in [0.29, 0.717) is 41.3 Å². The zero-order valence-corrected chi connectivity index (χ0v) is 27.7. The molecule has 1 amide bonds. The standard InChI is InChI=1S/C36H35N7O4S/c1-25-12-11-19-41(23-25)48(46,47)32-18-10-13-27(21-32)34-29(24-42(39-34)30-14-6-4-7-15-30)20-28(22-37)35(44)38-33-26(2)40(3)43(36(33)45)31-16-8-5-9-17-31/h4-10,13-18,20-21,24-25H,11-12,19,23H2,1-3H3,(H,38,44)/b28-20-. The summed E-state index contributed by atoms with van der Waals surface area (Å²) < 4.78 is 33.5. The highest BCUT2D eigenvalue weighted by molar-refractivity contribution is 7.89. The summed E-state index contributed by atoms with van der Waals surface area (Å²) >= 11 is 0. The number of hydrogen-bond donors (Lipinski definition) is 1. The molecule has 11 nitrogen and oxygen atoms in total. The van der Waals surface area contributed by atoms with Gasteiger partial charge in [0, 0.05) is 37.5 Å². The van der Waals surface area contributed by atoms with E-state index in [1.54, 1.807) is 65.9 Å². The molecule has 0 bridgehead atoms. The van der Waals surface area contributed by atoms with Crippen molar-refractivity contribution in [2.24, 2.45) is 13.0 Å². The van der Waals surface area contributed by atoms with Crippen molar-refractivity contribution >= 4 is 27.7 Å². The van der Waals surface area contributed by atoms with Crippen molar-refractivity contribution in [1.29, 1.82) is 5.26 Å². The summed E-state index contributed by atoms with van der Waals surface area (Å²) in [5.41, 5.74) is 2.52. The molecular weight excluding hydrogens is 627 g/mol. The maximum absolute atomic E-state index is 13.6. The first kappa shape index (κ1) is 32.4. The molecule has 3 aromatic carbocycles. The topological polar surface area (TPSA) is 135 Å². The van der Waals surface area contributed by atoms with E-state index < -0.39 is 21.5 Å². The molecule has 6 rings (SSSR count). The van der Waals surface area contributed by atoms with E-state index in [2.05, 4.69) is 5.32 Å². The van der Waals surface area contributed by atoms with Gasteiger partial charge in [-0.05, 0) is 68.2 Å². The zero-order valence-electron chi connectivity index (χ0n) is 26.9. The van der Waals surface area contributed by atoms with E-state index in [1.807, 2.05) is 61.5 Å². The minimum Gasteiger partial charge on any atom is -0.315 e. The maximum atomic E-state index is 13.6. The summed E-state index contributed by atoms with van der Waals surface area (Å²) in [7, 11) is -2.04. The zero-order chi connectivity index (χ0) is 34.0. The summed E-state index contributed by atoms with van der Waals surface area (Å²) in [4.78, 5) is 27.1. The van der Waals surface area contributed by atoms with Gasteiger partial charge >= 0.3 is 0 Å². The van der Waals surface area contributed by atoms with Gasteiger partial charge in [0.05, 0.1) is 22.0 Å². The summed E-state index contributed by atoms with van der Waals surface area (Å²) in [6.07, 6.45) is 4.87. The molecule has 0 saturated carbocycles. The molecule has 2 aromatic heterocycles. The molecule has 1 fully saturated rings. The lowest BCUT2D eigenvalue weighted by molar-refractivity contribution is -0.112. The molecule has 1 atom stereocenters. The second-order valence-corrected chi connectivity index (χ2v) is 13.8. The molecule has 0 radical (unpaired) electrons. The van der Waals surface area contributed by atoms with Crippen LogP contribution in [-0.2, 0) is 21.9 Å². The second kappa shape index (κ2) is 13.3. The van der Waals surface area contributed by atoms with Crippen LogP contribution in [-0.4, -0.2) is 50.9 Å². The number of nitriles is 1. The van der Waals surface area contributed by atoms with Gasteiger partial charge in [-0.1, -0.05) is 55.5 Å². The Bertz CT molecular complexity index is 2230. The van der Waals surface area contributed by atoms with Gasteiger partial charge in [0.1, 0.15) is 23.0 Å². The van der Waals surface area contributed by atoms with Crippen LogP contribution in [0.25, 0.3) is 28.7 Å². The number of hydrogen-bond acceptors (Lipinski definition) is 6. The summed E-state index contributed by atoms with van der Waals surface area (Å²) in [5, 5.41) is 17.6. The number of rotatable bonds is 8. The molecule has 1 saturated heterocycles. The lowest BCUT2D eigenvalue weighted by Crippen LogP contribution is -2.39. The third-order valence-corrected chi connectivity index (χ3v) is 10.4. The molecule has 3 heterocycles. The number of aromatic nitrogens is 4. The maximum Gasteiger partial charge on any atom is 0.295 e. The third kappa shape index (κ3) is 6.25. The fraction of sp³-hybridized carbons (Fsp3) is 0.222. The lowest BCUT2D eigenvalue weighted by atomic mass is 10.0. The van der Waals surface area contributed by atoms with Crippen LogP contribution in [0.1, 0.15) is 31.0 Å². The smallest absolute Gasteiger partial charge is 0.295 e. The van der Waals surface area contributed by atoms with Crippen molar-refractivity contribution in [3.63, 3.8) is 0 Å². The normalized spacial score (nSPS) is 15.6. The number of anilines is 1. The van der Waals surface area contributed by atoms with Crippen molar-refractivity contribution in [2.45, 2.75) is 31.6 Å². The van der Waals surface area contributed by atoms with E-state index >= 15 is 0 Å². The van der Waals surface area contributed by atoms with Crippen molar-refractivity contribution < 1.29 is 13.2 Å². The van der Waals surface area contributed by atoms with Crippen LogP contribution in [0.3, 0.4) is 0 Å². The van der Waals surface area contributed by atoms with Crippen LogP contribution in [0.4, 0.5) is 5.69 Å². The molecule has 1 N–H and O–H groups in total. The van der Waals surface area contributed by atoms with E-state index in [0.717, 1.165) is 18.5 Å². The summed E-state index contributed by atoms with van der Waals surface area (Å²) in [6, 6.07) is 26.9. The number of carbonyl (C=O) groups is 1. The number of carbonyl (C=O) groups excluding carboxylic acids is 1. The lowest BCUT2D eigenvalue weighted by Gasteiger charge is -2.30. The second-order valence-electron chi connectivity index (χ2n) is 11.9. The third-order valence-electron chi connectivity index (χ3n) is 8.59. The molecule has 0 aliphatic carbocycles. The highest BCUT2D eigenvalue weighted by Gasteiger charge is 2.29. The minimum absolute atomic E-state index is 0.0534. The monoisotopic (exact) mass is 661 g/mol. The SMILES string of the molecule is Cc1c(NC(=O)/C(C#N)=C\c2cn(-c3ccccc3)nc2-c2cccc(S(=O)(=O)N3CCCC(C)C3)c2)c(=O)n(-c2ccccc2)n1C. The van der Waals surface area contributed by atoms with Crippen LogP contribution in [0.15, 0.2) is 106 Å². The van der Waals surface area contributed by atoms with E-state index in [4.69, 9.17) is 5.10 Å². The van der Waals surface area contributed by atoms with Crippen LogP contribution >= 0.6 is 0 Å². The number of nitrogens with zero attached hydrogens (tertiary/aromatic N) is 6. The van der Waals surface area contributed by atoms with Crippen molar-refractivity contribution in [3.8, 4) is 28.7 Å². The van der Waals surface area contributed by atoms with Gasteiger partial charge in [-0.2, -0.15) is 14.7 Å². The Labute approximate surface area is 279 Å². The molecule has 5 aromatic rings. The van der Waals surface area contributed by atoms with Gasteiger partial charge in [0.2, 0.25) is 10.0 Å². The van der Waals surface area contributed by atoms with Crippen molar-refractivity contribution in [3.05, 3.63) is 118 Å². The first-order chi connectivity index (χ1) is 23.1. The predicted molar refractivity (Wildman–Crippen MR) is 184 cm³/mol. The van der Waals surface area contributed by atoms with Gasteiger partial charge in [0.25, 0.3) is 11.5 Å². The highest BCUT2D eigenvalue weighted by Crippen LogP contribution is 2.30. The van der Waals surface area contributed by atoms with Gasteiger partial charge in [-0.25, -0.2) is 17.8 Å². The first-order valence-corrected chi connectivity index (χ1v) is 17.1. The number of amides is 1. The predicted octanol–water partition coefficient (Wildman–Crippen LogP) is 5.30.